The predicted molar refractivity (Wildman–Crippen MR) is 135 cm³/mol. The Morgan fingerprint density at radius 3 is 2.06 bits per heavy atom. The zero-order valence-corrected chi connectivity index (χ0v) is 19.5. The van der Waals surface area contributed by atoms with E-state index in [9.17, 15) is 13.2 Å². The molecule has 0 aliphatic carbocycles. The van der Waals surface area contributed by atoms with Gasteiger partial charge in [0.1, 0.15) is 0 Å². The van der Waals surface area contributed by atoms with Crippen LogP contribution in [0.5, 0.6) is 0 Å². The maximum absolute atomic E-state index is 12.6. The maximum Gasteiger partial charge on any atom is 0.255 e. The van der Waals surface area contributed by atoms with E-state index in [4.69, 9.17) is 0 Å². The Hall–Kier alpha value is -3.58. The highest BCUT2D eigenvalue weighted by Crippen LogP contribution is 2.14. The number of benzene rings is 3. The molecule has 172 valence electrons. The molecular weight excluding hydrogens is 434 g/mol. The molecule has 3 N–H and O–H groups in total. The minimum atomic E-state index is -3.67. The Kier molecular flexibility index (Phi) is 8.27. The maximum atomic E-state index is 12.6. The first-order valence-corrected chi connectivity index (χ1v) is 12.3. The van der Waals surface area contributed by atoms with Crippen molar-refractivity contribution in [3.8, 4) is 0 Å². The summed E-state index contributed by atoms with van der Waals surface area (Å²) in [6, 6.07) is 25.5. The van der Waals surface area contributed by atoms with Crippen LogP contribution in [0.15, 0.2) is 90.3 Å². The van der Waals surface area contributed by atoms with Gasteiger partial charge in [0.15, 0.2) is 0 Å². The summed E-state index contributed by atoms with van der Waals surface area (Å²) in [6.07, 6.45) is 1.53. The predicted octanol–water partition coefficient (Wildman–Crippen LogP) is 4.97. The average molecular weight is 464 g/mol. The molecule has 0 bridgehead atoms. The van der Waals surface area contributed by atoms with E-state index in [2.05, 4.69) is 29.2 Å². The monoisotopic (exact) mass is 463 g/mol. The largest absolute Gasteiger partial charge is 0.380 e. The number of carbonyl (C=O) groups excluding carboxylic acids is 1. The van der Waals surface area contributed by atoms with E-state index >= 15 is 0 Å². The molecule has 0 aromatic heterocycles. The van der Waals surface area contributed by atoms with Crippen molar-refractivity contribution < 1.29 is 13.2 Å². The van der Waals surface area contributed by atoms with Crippen molar-refractivity contribution in [2.75, 3.05) is 16.6 Å². The number of rotatable bonds is 10. The second-order valence-corrected chi connectivity index (χ2v) is 9.58. The van der Waals surface area contributed by atoms with E-state index in [1.165, 1.54) is 6.08 Å². The van der Waals surface area contributed by atoms with Crippen LogP contribution < -0.4 is 15.4 Å². The minimum absolute atomic E-state index is 0.0684. The Morgan fingerprint density at radius 1 is 0.848 bits per heavy atom. The van der Waals surface area contributed by atoms with Crippen molar-refractivity contribution in [2.24, 2.45) is 5.92 Å². The normalized spacial score (nSPS) is 12.5. The number of anilines is 2. The molecule has 1 amide bonds. The third-order valence-electron chi connectivity index (χ3n) is 5.06. The van der Waals surface area contributed by atoms with Gasteiger partial charge in [0.2, 0.25) is 0 Å². The van der Waals surface area contributed by atoms with Gasteiger partial charge < -0.3 is 10.6 Å². The first kappa shape index (κ1) is 24.1. The van der Waals surface area contributed by atoms with Gasteiger partial charge in [-0.3, -0.25) is 9.52 Å². The summed E-state index contributed by atoms with van der Waals surface area (Å²) in [4.78, 5) is 12.6. The molecule has 0 aliphatic heterocycles. The lowest BCUT2D eigenvalue weighted by molar-refractivity contribution is 0.0950. The highest BCUT2D eigenvalue weighted by molar-refractivity contribution is 7.95. The molecule has 0 fully saturated rings. The molecule has 0 heterocycles. The Bertz CT molecular complexity index is 1160. The van der Waals surface area contributed by atoms with Crippen LogP contribution in [-0.4, -0.2) is 26.9 Å². The van der Waals surface area contributed by atoms with Crippen LogP contribution in [0.2, 0.25) is 0 Å². The Morgan fingerprint density at radius 2 is 1.45 bits per heavy atom. The average Bonchev–Trinajstić information content (AvgIpc) is 2.82. The van der Waals surface area contributed by atoms with Crippen LogP contribution in [0.1, 0.15) is 29.8 Å². The fraction of sp³-hybridized carbons (Fsp3) is 0.192. The number of sulfonamides is 1. The van der Waals surface area contributed by atoms with E-state index in [1.54, 1.807) is 24.3 Å². The molecule has 0 saturated carbocycles. The standard InChI is InChI=1S/C26H29N3O3S/c1-20(2)25(28-23-11-7-4-8-12-23)19-27-26(30)22-13-15-24(16-14-22)29-33(31,32)18-17-21-9-5-3-6-10-21/h3-18,20,25,28-29H,19H2,1-2H3,(H,27,30)/b18-17+/t25-/m1/s1. The van der Waals surface area contributed by atoms with Gasteiger partial charge in [-0.15, -0.1) is 0 Å². The number of nitrogens with one attached hydrogen (secondary N) is 3. The number of hydrogen-bond donors (Lipinski definition) is 3. The van der Waals surface area contributed by atoms with Gasteiger partial charge in [-0.2, -0.15) is 0 Å². The van der Waals surface area contributed by atoms with Crippen LogP contribution in [0.25, 0.3) is 6.08 Å². The lowest BCUT2D eigenvalue weighted by Crippen LogP contribution is -2.39. The van der Waals surface area contributed by atoms with Crippen molar-refractivity contribution in [1.82, 2.24) is 5.32 Å². The minimum Gasteiger partial charge on any atom is -0.380 e. The van der Waals surface area contributed by atoms with Crippen LogP contribution in [0, 0.1) is 5.92 Å². The van der Waals surface area contributed by atoms with E-state index < -0.39 is 10.0 Å². The fourth-order valence-corrected chi connectivity index (χ4v) is 4.00. The van der Waals surface area contributed by atoms with E-state index in [0.717, 1.165) is 16.7 Å². The number of amides is 1. The SMILES string of the molecule is CC(C)[C@@H](CNC(=O)c1ccc(NS(=O)(=O)/C=C/c2ccccc2)cc1)Nc1ccccc1. The lowest BCUT2D eigenvalue weighted by atomic mass is 10.0. The highest BCUT2D eigenvalue weighted by atomic mass is 32.2. The highest BCUT2D eigenvalue weighted by Gasteiger charge is 2.15. The van der Waals surface area contributed by atoms with Crippen molar-refractivity contribution >= 4 is 33.4 Å². The molecule has 6 nitrogen and oxygen atoms in total. The third kappa shape index (κ3) is 7.80. The molecule has 3 aromatic rings. The molecule has 3 rings (SSSR count). The van der Waals surface area contributed by atoms with Gasteiger partial charge in [0.25, 0.3) is 15.9 Å². The summed E-state index contributed by atoms with van der Waals surface area (Å²) in [6.45, 7) is 4.66. The van der Waals surface area contributed by atoms with Gasteiger partial charge in [0.05, 0.1) is 5.41 Å². The fourth-order valence-electron chi connectivity index (χ4n) is 3.13. The number of para-hydroxylation sites is 1. The smallest absolute Gasteiger partial charge is 0.255 e. The summed E-state index contributed by atoms with van der Waals surface area (Å²) >= 11 is 0. The van der Waals surface area contributed by atoms with E-state index in [0.29, 0.717) is 23.7 Å². The van der Waals surface area contributed by atoms with Crippen LogP contribution in [0.4, 0.5) is 11.4 Å². The van der Waals surface area contributed by atoms with Gasteiger partial charge >= 0.3 is 0 Å². The second-order valence-electron chi connectivity index (χ2n) is 8.01. The molecule has 0 unspecified atom stereocenters. The quantitative estimate of drug-likeness (QED) is 0.396. The van der Waals surface area contributed by atoms with Crippen molar-refractivity contribution in [1.29, 1.82) is 0 Å². The zero-order valence-electron chi connectivity index (χ0n) is 18.7. The molecule has 3 aromatic carbocycles. The Labute approximate surface area is 195 Å². The Balaban J connectivity index is 1.56. The summed E-state index contributed by atoms with van der Waals surface area (Å²) in [7, 11) is -3.67. The molecular formula is C26H29N3O3S. The summed E-state index contributed by atoms with van der Waals surface area (Å²) in [5, 5.41) is 7.52. The van der Waals surface area contributed by atoms with Crippen LogP contribution in [0.3, 0.4) is 0 Å². The van der Waals surface area contributed by atoms with E-state index in [1.807, 2.05) is 60.7 Å². The topological polar surface area (TPSA) is 87.3 Å². The van der Waals surface area contributed by atoms with Crippen molar-refractivity contribution in [3.63, 3.8) is 0 Å². The first-order valence-electron chi connectivity index (χ1n) is 10.8. The van der Waals surface area contributed by atoms with Gasteiger partial charge in [0, 0.05) is 29.5 Å². The molecule has 0 aliphatic rings. The molecule has 0 spiro atoms. The first-order chi connectivity index (χ1) is 15.8. The van der Waals surface area contributed by atoms with Crippen LogP contribution in [-0.2, 0) is 10.0 Å². The molecule has 0 radical (unpaired) electrons. The molecule has 1 atom stereocenters. The van der Waals surface area contributed by atoms with Crippen molar-refractivity contribution in [2.45, 2.75) is 19.9 Å². The number of hydrogen-bond acceptors (Lipinski definition) is 4. The van der Waals surface area contributed by atoms with Gasteiger partial charge in [-0.1, -0.05) is 62.4 Å². The van der Waals surface area contributed by atoms with Crippen molar-refractivity contribution in [3.05, 3.63) is 101 Å². The number of carbonyl (C=O) groups is 1. The molecule has 33 heavy (non-hydrogen) atoms. The van der Waals surface area contributed by atoms with Crippen LogP contribution >= 0.6 is 0 Å². The van der Waals surface area contributed by atoms with E-state index in [-0.39, 0.29) is 11.9 Å². The second kappa shape index (κ2) is 11.3. The summed E-state index contributed by atoms with van der Waals surface area (Å²) in [5.74, 6) is 0.0973. The molecule has 0 saturated heterocycles. The van der Waals surface area contributed by atoms with Gasteiger partial charge in [-0.05, 0) is 54.0 Å². The lowest BCUT2D eigenvalue weighted by Gasteiger charge is -2.24. The third-order valence-corrected chi connectivity index (χ3v) is 6.07. The summed E-state index contributed by atoms with van der Waals surface area (Å²) in [5.41, 5.74) is 2.63. The molecule has 7 heteroatoms. The zero-order chi connectivity index (χ0) is 23.7. The summed E-state index contributed by atoms with van der Waals surface area (Å²) < 4.78 is 27.1. The van der Waals surface area contributed by atoms with Gasteiger partial charge in [-0.25, -0.2) is 8.42 Å².